The molecule has 0 bridgehead atoms. The zero-order valence-corrected chi connectivity index (χ0v) is 14.2. The minimum Gasteiger partial charge on any atom is -0.490 e. The number of likely N-dealkylation sites (tertiary alicyclic amines) is 1. The van der Waals surface area contributed by atoms with Gasteiger partial charge in [-0.1, -0.05) is 12.1 Å². The van der Waals surface area contributed by atoms with Crippen LogP contribution in [-0.4, -0.2) is 49.4 Å². The second-order valence-corrected chi connectivity index (χ2v) is 6.50. The zero-order valence-electron chi connectivity index (χ0n) is 14.2. The molecule has 0 aromatic heterocycles. The van der Waals surface area contributed by atoms with E-state index in [1.54, 1.807) is 0 Å². The Bertz CT molecular complexity index is 679. The van der Waals surface area contributed by atoms with E-state index in [4.69, 9.17) is 4.74 Å². The van der Waals surface area contributed by atoms with Gasteiger partial charge in [0.15, 0.2) is 5.81 Å². The van der Waals surface area contributed by atoms with Gasteiger partial charge in [0.1, 0.15) is 17.5 Å². The maximum Gasteiger partial charge on any atom is 0.326 e. The van der Waals surface area contributed by atoms with E-state index in [2.05, 4.69) is 30.1 Å². The van der Waals surface area contributed by atoms with Crippen LogP contribution in [0.5, 0.6) is 5.75 Å². The number of allylic oxidation sites excluding steroid dienone is 1. The lowest BCUT2D eigenvalue weighted by Gasteiger charge is -2.33. The Kier molecular flexibility index (Phi) is 5.04. The lowest BCUT2D eigenvalue weighted by Crippen LogP contribution is -2.44. The molecule has 1 fully saturated rings. The van der Waals surface area contributed by atoms with Crippen LogP contribution in [-0.2, 0) is 4.79 Å². The van der Waals surface area contributed by atoms with Crippen molar-refractivity contribution in [3.05, 3.63) is 41.1 Å². The third-order valence-electron chi connectivity index (χ3n) is 4.65. The van der Waals surface area contributed by atoms with Crippen LogP contribution in [0.1, 0.15) is 24.0 Å². The molecule has 2 aliphatic rings. The van der Waals surface area contributed by atoms with Crippen LogP contribution in [0, 0.1) is 13.8 Å². The number of carbonyl (C=O) groups is 2. The van der Waals surface area contributed by atoms with E-state index in [-0.39, 0.29) is 17.6 Å². The van der Waals surface area contributed by atoms with Gasteiger partial charge in [0.2, 0.25) is 0 Å². The van der Waals surface area contributed by atoms with Gasteiger partial charge in [0.05, 0.1) is 0 Å². The second kappa shape index (κ2) is 7.22. The summed E-state index contributed by atoms with van der Waals surface area (Å²) in [4.78, 5) is 25.0. The molecule has 3 rings (SSSR count). The van der Waals surface area contributed by atoms with Gasteiger partial charge in [-0.15, -0.1) is 0 Å². The predicted octanol–water partition coefficient (Wildman–Crippen LogP) is 1.98. The Morgan fingerprint density at radius 3 is 2.71 bits per heavy atom. The highest BCUT2D eigenvalue weighted by molar-refractivity contribution is 6.99. The molecule has 5 nitrogen and oxygen atoms in total. The van der Waals surface area contributed by atoms with Crippen molar-refractivity contribution in [3.63, 3.8) is 0 Å². The fraction of sp³-hybridized carbons (Fsp3) is 0.444. The van der Waals surface area contributed by atoms with Crippen LogP contribution in [0.15, 0.2) is 30.0 Å². The van der Waals surface area contributed by atoms with Crippen LogP contribution >= 0.6 is 0 Å². The van der Waals surface area contributed by atoms with E-state index >= 15 is 0 Å². The number of nitrogens with one attached hydrogen (secondary N) is 1. The molecule has 2 heterocycles. The first-order valence-corrected chi connectivity index (χ1v) is 8.37. The Morgan fingerprint density at radius 2 is 2.00 bits per heavy atom. The standard InChI is InChI=1S/C18H22BN2O3/c1-12-4-3-5-16(13(12)2)24-15-6-8-21(9-7-15)11-14-10-17(22)19-18(23)20-14/h3-5,10,15H,6-9,11H2,1-2H3,(H,20,23). The monoisotopic (exact) mass is 325 g/mol. The number of benzene rings is 1. The van der Waals surface area contributed by atoms with Crippen molar-refractivity contribution in [2.45, 2.75) is 32.8 Å². The van der Waals surface area contributed by atoms with Crippen molar-refractivity contribution in [1.82, 2.24) is 10.2 Å². The molecule has 0 spiro atoms. The topological polar surface area (TPSA) is 58.6 Å². The van der Waals surface area contributed by atoms with Gasteiger partial charge in [-0.05, 0) is 50.0 Å². The van der Waals surface area contributed by atoms with Crippen molar-refractivity contribution >= 4 is 18.8 Å². The number of rotatable bonds is 4. The van der Waals surface area contributed by atoms with Crippen LogP contribution in [0.4, 0.5) is 4.79 Å². The number of aryl methyl sites for hydroxylation is 1. The summed E-state index contributed by atoms with van der Waals surface area (Å²) >= 11 is 0. The molecule has 2 aliphatic heterocycles. The number of hydrogen-bond acceptors (Lipinski definition) is 4. The summed E-state index contributed by atoms with van der Waals surface area (Å²) in [6, 6.07) is 6.15. The first-order chi connectivity index (χ1) is 11.5. The highest BCUT2D eigenvalue weighted by atomic mass is 16.5. The molecule has 1 saturated heterocycles. The minimum atomic E-state index is -0.328. The lowest BCUT2D eigenvalue weighted by molar-refractivity contribution is -0.108. The highest BCUT2D eigenvalue weighted by Gasteiger charge is 2.24. The maximum atomic E-state index is 11.4. The summed E-state index contributed by atoms with van der Waals surface area (Å²) in [6.45, 7) is 6.56. The molecular formula is C18H22BN2O3. The molecule has 0 saturated carbocycles. The van der Waals surface area contributed by atoms with E-state index in [9.17, 15) is 9.59 Å². The maximum absolute atomic E-state index is 11.4. The molecular weight excluding hydrogens is 303 g/mol. The fourth-order valence-electron chi connectivity index (χ4n) is 3.12. The molecule has 1 aromatic rings. The first-order valence-electron chi connectivity index (χ1n) is 8.37. The molecule has 0 atom stereocenters. The number of amides is 1. The van der Waals surface area contributed by atoms with E-state index in [1.807, 2.05) is 12.1 Å². The quantitative estimate of drug-likeness (QED) is 0.860. The van der Waals surface area contributed by atoms with E-state index < -0.39 is 0 Å². The Morgan fingerprint density at radius 1 is 1.25 bits per heavy atom. The summed E-state index contributed by atoms with van der Waals surface area (Å²) in [7, 11) is 1.08. The van der Waals surface area contributed by atoms with Gasteiger partial charge in [-0.2, -0.15) is 0 Å². The third kappa shape index (κ3) is 4.06. The van der Waals surface area contributed by atoms with Gasteiger partial charge in [0.25, 0.3) is 0 Å². The molecule has 1 N–H and O–H groups in total. The van der Waals surface area contributed by atoms with E-state index in [0.29, 0.717) is 12.2 Å². The van der Waals surface area contributed by atoms with Crippen molar-refractivity contribution < 1.29 is 14.3 Å². The minimum absolute atomic E-state index is 0.214. The average Bonchev–Trinajstić information content (AvgIpc) is 2.53. The Balaban J connectivity index is 1.52. The van der Waals surface area contributed by atoms with Crippen LogP contribution in [0.25, 0.3) is 0 Å². The second-order valence-electron chi connectivity index (χ2n) is 6.50. The fourth-order valence-corrected chi connectivity index (χ4v) is 3.12. The predicted molar refractivity (Wildman–Crippen MR) is 93.4 cm³/mol. The first kappa shape index (κ1) is 16.8. The van der Waals surface area contributed by atoms with Crippen LogP contribution in [0.3, 0.4) is 0 Å². The van der Waals surface area contributed by atoms with Gasteiger partial charge in [-0.25, -0.2) is 0 Å². The summed E-state index contributed by atoms with van der Waals surface area (Å²) in [5.74, 6) is 0.641. The molecule has 6 heteroatoms. The van der Waals surface area contributed by atoms with Crippen LogP contribution in [0.2, 0.25) is 0 Å². The van der Waals surface area contributed by atoms with Crippen LogP contribution < -0.4 is 10.1 Å². The molecule has 1 amide bonds. The van der Waals surface area contributed by atoms with Crippen molar-refractivity contribution in [1.29, 1.82) is 0 Å². The number of nitrogens with zero attached hydrogens (tertiary/aromatic N) is 1. The molecule has 0 unspecified atom stereocenters. The van der Waals surface area contributed by atoms with Gasteiger partial charge in [-0.3, -0.25) is 9.69 Å². The van der Waals surface area contributed by atoms with E-state index in [1.165, 1.54) is 17.2 Å². The molecule has 125 valence electrons. The van der Waals surface area contributed by atoms with E-state index in [0.717, 1.165) is 39.0 Å². The van der Waals surface area contributed by atoms with Crippen molar-refractivity contribution in [2.75, 3.05) is 19.6 Å². The average molecular weight is 325 g/mol. The highest BCUT2D eigenvalue weighted by Crippen LogP contribution is 2.25. The van der Waals surface area contributed by atoms with Gasteiger partial charge >= 0.3 is 7.28 Å². The third-order valence-corrected chi connectivity index (χ3v) is 4.65. The smallest absolute Gasteiger partial charge is 0.326 e. The summed E-state index contributed by atoms with van der Waals surface area (Å²) in [5.41, 5.74) is 2.89. The Labute approximate surface area is 143 Å². The van der Waals surface area contributed by atoms with Crippen molar-refractivity contribution in [3.8, 4) is 5.75 Å². The number of hydrogen-bond donors (Lipinski definition) is 1. The molecule has 0 aliphatic carbocycles. The summed E-state index contributed by atoms with van der Waals surface area (Å²) in [5, 5.41) is 2.73. The molecule has 24 heavy (non-hydrogen) atoms. The number of piperidine rings is 1. The lowest BCUT2D eigenvalue weighted by atomic mass is 9.70. The number of ether oxygens (including phenoxy) is 1. The summed E-state index contributed by atoms with van der Waals surface area (Å²) in [6.07, 6.45) is 3.59. The van der Waals surface area contributed by atoms with Gasteiger partial charge in [0, 0.05) is 25.3 Å². The molecule has 1 aromatic carbocycles. The summed E-state index contributed by atoms with van der Waals surface area (Å²) < 4.78 is 6.17. The van der Waals surface area contributed by atoms with Gasteiger partial charge < -0.3 is 14.8 Å². The van der Waals surface area contributed by atoms with Crippen molar-refractivity contribution in [2.24, 2.45) is 0 Å². The largest absolute Gasteiger partial charge is 0.490 e. The number of carbonyl (C=O) groups excluding carboxylic acids is 2. The normalized spacial score (nSPS) is 19.5. The SMILES string of the molecule is Cc1cccc(OC2CCN(CC3=CC(=O)[B]C(=O)N3)CC2)c1C. The Hall–Kier alpha value is -2.08. The zero-order chi connectivity index (χ0) is 17.1. The molecule has 1 radical (unpaired) electrons.